The lowest BCUT2D eigenvalue weighted by Gasteiger charge is -2.07. The molecule has 0 bridgehead atoms. The summed E-state index contributed by atoms with van der Waals surface area (Å²) in [5, 5.41) is 1.01. The van der Waals surface area contributed by atoms with E-state index in [-0.39, 0.29) is 0 Å². The summed E-state index contributed by atoms with van der Waals surface area (Å²) in [6.07, 6.45) is 3.62. The number of rotatable bonds is 4. The molecule has 0 saturated heterocycles. The van der Waals surface area contributed by atoms with Crippen LogP contribution in [0.2, 0.25) is 0 Å². The van der Waals surface area contributed by atoms with Gasteiger partial charge in [-0.15, -0.1) is 0 Å². The summed E-state index contributed by atoms with van der Waals surface area (Å²) in [5.74, 6) is 0. The van der Waals surface area contributed by atoms with Gasteiger partial charge in [0.2, 0.25) is 0 Å². The Bertz CT molecular complexity index is 906. The van der Waals surface area contributed by atoms with Gasteiger partial charge in [0.15, 0.2) is 0 Å². The molecule has 1 aromatic heterocycles. The van der Waals surface area contributed by atoms with E-state index >= 15 is 0 Å². The van der Waals surface area contributed by atoms with Crippen molar-refractivity contribution in [3.63, 3.8) is 0 Å². The zero-order valence-electron chi connectivity index (χ0n) is 12.8. The van der Waals surface area contributed by atoms with E-state index in [9.17, 15) is 8.42 Å². The van der Waals surface area contributed by atoms with Crippen molar-refractivity contribution >= 4 is 20.9 Å². The topological polar surface area (TPSA) is 39.1 Å². The van der Waals surface area contributed by atoms with Crippen molar-refractivity contribution in [1.82, 2.24) is 3.97 Å². The van der Waals surface area contributed by atoms with E-state index in [0.29, 0.717) is 4.90 Å². The Morgan fingerprint density at radius 3 is 2.36 bits per heavy atom. The Balaban J connectivity index is 2.23. The molecule has 0 aliphatic heterocycles. The van der Waals surface area contributed by atoms with E-state index in [1.807, 2.05) is 43.3 Å². The van der Waals surface area contributed by atoms with Crippen molar-refractivity contribution in [3.05, 3.63) is 65.9 Å². The first-order valence-corrected chi connectivity index (χ1v) is 8.89. The maximum absolute atomic E-state index is 12.9. The molecule has 0 unspecified atom stereocenters. The molecule has 0 radical (unpaired) electrons. The molecule has 3 rings (SSSR count). The fourth-order valence-electron chi connectivity index (χ4n) is 2.71. The van der Waals surface area contributed by atoms with Crippen LogP contribution in [0.5, 0.6) is 0 Å². The van der Waals surface area contributed by atoms with Crippen LogP contribution >= 0.6 is 0 Å². The first kappa shape index (κ1) is 14.9. The second-order valence-corrected chi connectivity index (χ2v) is 7.35. The molecule has 0 saturated carbocycles. The highest BCUT2D eigenvalue weighted by atomic mass is 32.2. The van der Waals surface area contributed by atoms with Gasteiger partial charge >= 0.3 is 0 Å². The average Bonchev–Trinajstić information content (AvgIpc) is 2.88. The van der Waals surface area contributed by atoms with Gasteiger partial charge in [-0.2, -0.15) is 0 Å². The molecule has 3 nitrogen and oxygen atoms in total. The standard InChI is InChI=1S/C18H19NO2S/c1-3-6-15-13-19(18-8-5-4-7-17(15)18)22(20,21)16-11-9-14(2)10-12-16/h4-5,7-13H,3,6H2,1-2H3. The number of aryl methyl sites for hydroxylation is 2. The number of fused-ring (bicyclic) bond motifs is 1. The van der Waals surface area contributed by atoms with Gasteiger partial charge in [0.1, 0.15) is 0 Å². The molecule has 2 aromatic carbocycles. The Morgan fingerprint density at radius 2 is 1.68 bits per heavy atom. The summed E-state index contributed by atoms with van der Waals surface area (Å²) in [5.41, 5.74) is 2.86. The maximum Gasteiger partial charge on any atom is 0.268 e. The van der Waals surface area contributed by atoms with E-state index in [2.05, 4.69) is 6.92 Å². The van der Waals surface area contributed by atoms with Crippen LogP contribution in [0, 0.1) is 6.92 Å². The Morgan fingerprint density at radius 1 is 1.00 bits per heavy atom. The molecule has 22 heavy (non-hydrogen) atoms. The lowest BCUT2D eigenvalue weighted by Crippen LogP contribution is -2.11. The zero-order chi connectivity index (χ0) is 15.7. The highest BCUT2D eigenvalue weighted by Gasteiger charge is 2.20. The molecule has 1 heterocycles. The quantitative estimate of drug-likeness (QED) is 0.726. The van der Waals surface area contributed by atoms with Crippen molar-refractivity contribution in [3.8, 4) is 0 Å². The predicted molar refractivity (Wildman–Crippen MR) is 89.7 cm³/mol. The summed E-state index contributed by atoms with van der Waals surface area (Å²) >= 11 is 0. The smallest absolute Gasteiger partial charge is 0.241 e. The largest absolute Gasteiger partial charge is 0.268 e. The van der Waals surface area contributed by atoms with Gasteiger partial charge in [-0.25, -0.2) is 12.4 Å². The molecule has 0 atom stereocenters. The van der Waals surface area contributed by atoms with Gasteiger partial charge in [-0.05, 0) is 37.1 Å². The molecule has 0 aliphatic carbocycles. The third-order valence-corrected chi connectivity index (χ3v) is 5.55. The van der Waals surface area contributed by atoms with Gasteiger partial charge in [-0.3, -0.25) is 0 Å². The van der Waals surface area contributed by atoms with Crippen LogP contribution in [-0.2, 0) is 16.4 Å². The first-order valence-electron chi connectivity index (χ1n) is 7.45. The Labute approximate surface area is 131 Å². The minimum atomic E-state index is -3.56. The lowest BCUT2D eigenvalue weighted by atomic mass is 10.1. The molecule has 0 spiro atoms. The molecule has 0 N–H and O–H groups in total. The number of benzene rings is 2. The van der Waals surface area contributed by atoms with Crippen molar-refractivity contribution in [2.24, 2.45) is 0 Å². The fourth-order valence-corrected chi connectivity index (χ4v) is 4.10. The third kappa shape index (κ3) is 2.44. The summed E-state index contributed by atoms with van der Waals surface area (Å²) < 4.78 is 27.3. The molecule has 0 amide bonds. The van der Waals surface area contributed by atoms with Gasteiger partial charge in [0.05, 0.1) is 10.4 Å². The van der Waals surface area contributed by atoms with Gasteiger partial charge in [0.25, 0.3) is 10.0 Å². The number of aromatic nitrogens is 1. The number of nitrogens with zero attached hydrogens (tertiary/aromatic N) is 1. The molecule has 3 aromatic rings. The normalized spacial score (nSPS) is 11.9. The van der Waals surface area contributed by atoms with Crippen molar-refractivity contribution in [2.75, 3.05) is 0 Å². The van der Waals surface area contributed by atoms with Crippen molar-refractivity contribution < 1.29 is 8.42 Å². The second kappa shape index (κ2) is 5.61. The average molecular weight is 313 g/mol. The summed E-state index contributed by atoms with van der Waals surface area (Å²) in [6.45, 7) is 4.04. The van der Waals surface area contributed by atoms with Gasteiger partial charge in [-0.1, -0.05) is 49.2 Å². The monoisotopic (exact) mass is 313 g/mol. The van der Waals surface area contributed by atoms with Crippen LogP contribution in [0.4, 0.5) is 0 Å². The summed E-state index contributed by atoms with van der Waals surface area (Å²) in [7, 11) is -3.56. The van der Waals surface area contributed by atoms with Crippen LogP contribution in [0.25, 0.3) is 10.9 Å². The van der Waals surface area contributed by atoms with E-state index in [1.54, 1.807) is 18.3 Å². The number of hydrogen-bond acceptors (Lipinski definition) is 2. The highest BCUT2D eigenvalue weighted by molar-refractivity contribution is 7.90. The highest BCUT2D eigenvalue weighted by Crippen LogP contribution is 2.26. The van der Waals surface area contributed by atoms with E-state index in [0.717, 1.165) is 34.9 Å². The number of para-hydroxylation sites is 1. The molecule has 114 valence electrons. The molecular weight excluding hydrogens is 294 g/mol. The minimum absolute atomic E-state index is 0.321. The van der Waals surface area contributed by atoms with E-state index in [4.69, 9.17) is 0 Å². The lowest BCUT2D eigenvalue weighted by molar-refractivity contribution is 0.589. The maximum atomic E-state index is 12.9. The van der Waals surface area contributed by atoms with Crippen LogP contribution in [-0.4, -0.2) is 12.4 Å². The van der Waals surface area contributed by atoms with Crippen LogP contribution in [0.3, 0.4) is 0 Å². The van der Waals surface area contributed by atoms with Gasteiger partial charge in [0, 0.05) is 11.6 Å². The van der Waals surface area contributed by atoms with E-state index in [1.165, 1.54) is 3.97 Å². The Kier molecular flexibility index (Phi) is 3.79. The van der Waals surface area contributed by atoms with Gasteiger partial charge < -0.3 is 0 Å². The minimum Gasteiger partial charge on any atom is -0.241 e. The Hall–Kier alpha value is -2.07. The van der Waals surface area contributed by atoms with Crippen LogP contribution in [0.15, 0.2) is 59.6 Å². The summed E-state index contributed by atoms with van der Waals surface area (Å²) in [4.78, 5) is 0.321. The first-order chi connectivity index (χ1) is 10.5. The summed E-state index contributed by atoms with van der Waals surface area (Å²) in [6, 6.07) is 14.7. The fraction of sp³-hybridized carbons (Fsp3) is 0.222. The van der Waals surface area contributed by atoms with Crippen molar-refractivity contribution in [2.45, 2.75) is 31.6 Å². The van der Waals surface area contributed by atoms with Crippen LogP contribution in [0.1, 0.15) is 24.5 Å². The zero-order valence-corrected chi connectivity index (χ0v) is 13.6. The predicted octanol–water partition coefficient (Wildman–Crippen LogP) is 4.14. The van der Waals surface area contributed by atoms with Crippen LogP contribution < -0.4 is 0 Å². The molecule has 0 fully saturated rings. The van der Waals surface area contributed by atoms with Crippen molar-refractivity contribution in [1.29, 1.82) is 0 Å². The van der Waals surface area contributed by atoms with E-state index < -0.39 is 10.0 Å². The third-order valence-electron chi connectivity index (χ3n) is 3.86. The molecule has 4 heteroatoms. The second-order valence-electron chi connectivity index (χ2n) is 5.54. The molecular formula is C18H19NO2S. The number of hydrogen-bond donors (Lipinski definition) is 0. The molecule has 0 aliphatic rings. The SMILES string of the molecule is CCCc1cn(S(=O)(=O)c2ccc(C)cc2)c2ccccc12.